The Bertz CT molecular complexity index is 1040. The summed E-state index contributed by atoms with van der Waals surface area (Å²) >= 11 is 0. The van der Waals surface area contributed by atoms with E-state index in [1.807, 2.05) is 0 Å². The van der Waals surface area contributed by atoms with Gasteiger partial charge in [-0.2, -0.15) is 13.2 Å². The lowest BCUT2D eigenvalue weighted by atomic mass is 9.94. The van der Waals surface area contributed by atoms with Crippen molar-refractivity contribution in [3.05, 3.63) is 65.5 Å². The molecule has 0 N–H and O–H groups in total. The minimum Gasteiger partial charge on any atom is -0.367 e. The molecular weight excluding hydrogens is 440 g/mol. The van der Waals surface area contributed by atoms with Crippen molar-refractivity contribution in [2.24, 2.45) is 5.92 Å². The molecule has 9 heteroatoms. The number of amides is 2. The van der Waals surface area contributed by atoms with Crippen LogP contribution in [0.25, 0.3) is 0 Å². The van der Waals surface area contributed by atoms with Gasteiger partial charge >= 0.3 is 6.18 Å². The monoisotopic (exact) mass is 464 g/mol. The Balaban J connectivity index is 1.50. The molecule has 33 heavy (non-hydrogen) atoms. The third-order valence-corrected chi connectivity index (χ3v) is 6.04. The average molecular weight is 464 g/mol. The summed E-state index contributed by atoms with van der Waals surface area (Å²) in [6.07, 6.45) is -5.01. The highest BCUT2D eigenvalue weighted by molar-refractivity contribution is 5.96. The van der Waals surface area contributed by atoms with Crippen molar-refractivity contribution in [3.8, 4) is 0 Å². The normalized spacial score (nSPS) is 24.2. The zero-order chi connectivity index (χ0) is 23.8. The van der Waals surface area contributed by atoms with Crippen LogP contribution in [0.1, 0.15) is 37.0 Å². The fourth-order valence-electron chi connectivity index (χ4n) is 4.43. The van der Waals surface area contributed by atoms with Gasteiger partial charge in [0.05, 0.1) is 24.1 Å². The molecule has 4 rings (SSSR count). The maximum absolute atomic E-state index is 13.6. The zero-order valence-corrected chi connectivity index (χ0v) is 18.0. The maximum atomic E-state index is 13.6. The number of rotatable bonds is 3. The Morgan fingerprint density at radius 2 is 1.82 bits per heavy atom. The van der Waals surface area contributed by atoms with E-state index in [1.54, 1.807) is 24.0 Å². The first kappa shape index (κ1) is 23.2. The van der Waals surface area contributed by atoms with Crippen LogP contribution in [0.15, 0.2) is 48.5 Å². The molecule has 2 amide bonds. The average Bonchev–Trinajstić information content (AvgIpc) is 2.78. The predicted octanol–water partition coefficient (Wildman–Crippen LogP) is 4.58. The second-order valence-corrected chi connectivity index (χ2v) is 8.52. The lowest BCUT2D eigenvalue weighted by Gasteiger charge is -2.40. The fraction of sp³-hybridized carbons (Fsp3) is 0.417. The highest BCUT2D eigenvalue weighted by Crippen LogP contribution is 2.34. The lowest BCUT2D eigenvalue weighted by Crippen LogP contribution is -2.52. The van der Waals surface area contributed by atoms with E-state index in [-0.39, 0.29) is 37.4 Å². The zero-order valence-electron chi connectivity index (χ0n) is 18.0. The quantitative estimate of drug-likeness (QED) is 0.625. The molecule has 0 aliphatic carbocycles. The molecule has 2 aromatic rings. The first-order chi connectivity index (χ1) is 15.6. The van der Waals surface area contributed by atoms with Crippen molar-refractivity contribution in [1.29, 1.82) is 0 Å². The van der Waals surface area contributed by atoms with Gasteiger partial charge < -0.3 is 14.5 Å². The molecule has 2 aliphatic rings. The number of nitrogens with zero attached hydrogens (tertiary/aromatic N) is 2. The van der Waals surface area contributed by atoms with E-state index in [1.165, 1.54) is 29.2 Å². The van der Waals surface area contributed by atoms with E-state index in [0.717, 1.165) is 12.1 Å². The largest absolute Gasteiger partial charge is 0.416 e. The van der Waals surface area contributed by atoms with Gasteiger partial charge in [-0.3, -0.25) is 9.59 Å². The molecule has 2 aliphatic heterocycles. The van der Waals surface area contributed by atoms with Crippen LogP contribution in [0.2, 0.25) is 0 Å². The molecule has 5 nitrogen and oxygen atoms in total. The number of piperidine rings is 1. The minimum absolute atomic E-state index is 0.120. The predicted molar refractivity (Wildman–Crippen MR) is 113 cm³/mol. The molecule has 3 atom stereocenters. The SMILES string of the molecule is CC1CN(C(=O)C2CCC(=O)N(c3cccc(F)c3)C2)CC(c2cccc(C(F)(F)F)c2)O1. The highest BCUT2D eigenvalue weighted by atomic mass is 19.4. The molecule has 2 heterocycles. The lowest BCUT2D eigenvalue weighted by molar-refractivity contribution is -0.150. The summed E-state index contributed by atoms with van der Waals surface area (Å²) in [6, 6.07) is 10.6. The smallest absolute Gasteiger partial charge is 0.367 e. The fourth-order valence-corrected chi connectivity index (χ4v) is 4.43. The topological polar surface area (TPSA) is 49.9 Å². The van der Waals surface area contributed by atoms with Crippen LogP contribution in [0.3, 0.4) is 0 Å². The van der Waals surface area contributed by atoms with E-state index >= 15 is 0 Å². The Labute approximate surface area is 188 Å². The van der Waals surface area contributed by atoms with E-state index in [4.69, 9.17) is 4.74 Å². The van der Waals surface area contributed by atoms with Gasteiger partial charge in [0.2, 0.25) is 11.8 Å². The molecule has 0 spiro atoms. The second kappa shape index (κ2) is 9.13. The van der Waals surface area contributed by atoms with Crippen LogP contribution in [0.4, 0.5) is 23.2 Å². The Morgan fingerprint density at radius 3 is 2.55 bits per heavy atom. The molecular formula is C24H24F4N2O3. The van der Waals surface area contributed by atoms with Gasteiger partial charge in [0.1, 0.15) is 11.9 Å². The molecule has 0 saturated carbocycles. The Hall–Kier alpha value is -2.94. The van der Waals surface area contributed by atoms with E-state index in [9.17, 15) is 27.2 Å². The van der Waals surface area contributed by atoms with Gasteiger partial charge in [0, 0.05) is 25.2 Å². The van der Waals surface area contributed by atoms with Crippen LogP contribution >= 0.6 is 0 Å². The number of hydrogen-bond acceptors (Lipinski definition) is 3. The number of halogens is 4. The molecule has 2 aromatic carbocycles. The number of hydrogen-bond donors (Lipinski definition) is 0. The standard InChI is InChI=1S/C24H24F4N2O3/c1-15-12-29(14-21(33-15)16-4-2-5-18(10-16)24(26,27)28)23(32)17-8-9-22(31)30(13-17)20-7-3-6-19(25)11-20/h2-7,10-11,15,17,21H,8-9,12-14H2,1H3. The molecule has 2 fully saturated rings. The van der Waals surface area contributed by atoms with Crippen molar-refractivity contribution >= 4 is 17.5 Å². The molecule has 2 saturated heterocycles. The van der Waals surface area contributed by atoms with Gasteiger partial charge in [-0.1, -0.05) is 18.2 Å². The van der Waals surface area contributed by atoms with Gasteiger partial charge in [-0.05, 0) is 49.2 Å². The third-order valence-electron chi connectivity index (χ3n) is 6.04. The number of anilines is 1. The number of carbonyl (C=O) groups is 2. The van der Waals surface area contributed by atoms with E-state index in [2.05, 4.69) is 0 Å². The first-order valence-electron chi connectivity index (χ1n) is 10.8. The summed E-state index contributed by atoms with van der Waals surface area (Å²) in [7, 11) is 0. The number of alkyl halides is 3. The van der Waals surface area contributed by atoms with Crippen molar-refractivity contribution < 1.29 is 31.9 Å². The summed E-state index contributed by atoms with van der Waals surface area (Å²) in [4.78, 5) is 28.8. The minimum atomic E-state index is -4.47. The third kappa shape index (κ3) is 5.19. The second-order valence-electron chi connectivity index (χ2n) is 8.52. The number of benzene rings is 2. The van der Waals surface area contributed by atoms with Gasteiger partial charge in [0.15, 0.2) is 0 Å². The molecule has 176 valence electrons. The van der Waals surface area contributed by atoms with Gasteiger partial charge in [0.25, 0.3) is 0 Å². The van der Waals surface area contributed by atoms with Crippen LogP contribution in [0.5, 0.6) is 0 Å². The Kier molecular flexibility index (Phi) is 6.43. The van der Waals surface area contributed by atoms with Crippen molar-refractivity contribution in [2.75, 3.05) is 24.5 Å². The number of ether oxygens (including phenoxy) is 1. The summed E-state index contributed by atoms with van der Waals surface area (Å²) in [5.41, 5.74) is -0.0136. The molecule has 0 radical (unpaired) electrons. The number of morpholine rings is 1. The van der Waals surface area contributed by atoms with Crippen molar-refractivity contribution in [1.82, 2.24) is 4.90 Å². The summed E-state index contributed by atoms with van der Waals surface area (Å²) < 4.78 is 58.9. The highest BCUT2D eigenvalue weighted by Gasteiger charge is 2.38. The molecule has 0 aromatic heterocycles. The Morgan fingerprint density at radius 1 is 1.06 bits per heavy atom. The van der Waals surface area contributed by atoms with Crippen LogP contribution in [-0.4, -0.2) is 42.5 Å². The van der Waals surface area contributed by atoms with Gasteiger partial charge in [-0.25, -0.2) is 4.39 Å². The van der Waals surface area contributed by atoms with Gasteiger partial charge in [-0.15, -0.1) is 0 Å². The van der Waals surface area contributed by atoms with E-state index in [0.29, 0.717) is 24.2 Å². The van der Waals surface area contributed by atoms with Crippen LogP contribution < -0.4 is 4.90 Å². The maximum Gasteiger partial charge on any atom is 0.416 e. The molecule has 3 unspecified atom stereocenters. The first-order valence-corrected chi connectivity index (χ1v) is 10.8. The van der Waals surface area contributed by atoms with Crippen molar-refractivity contribution in [2.45, 2.75) is 38.1 Å². The van der Waals surface area contributed by atoms with Crippen molar-refractivity contribution in [3.63, 3.8) is 0 Å². The summed E-state index contributed by atoms with van der Waals surface area (Å²) in [5.74, 6) is -1.32. The number of carbonyl (C=O) groups excluding carboxylic acids is 2. The van der Waals surface area contributed by atoms with E-state index < -0.39 is 29.6 Å². The van der Waals surface area contributed by atoms with Crippen LogP contribution in [0, 0.1) is 11.7 Å². The summed E-state index contributed by atoms with van der Waals surface area (Å²) in [5, 5.41) is 0. The summed E-state index contributed by atoms with van der Waals surface area (Å²) in [6.45, 7) is 2.32. The molecule has 0 bridgehead atoms. The van der Waals surface area contributed by atoms with Crippen LogP contribution in [-0.2, 0) is 20.5 Å².